The van der Waals surface area contributed by atoms with Gasteiger partial charge in [0.25, 0.3) is 0 Å². The van der Waals surface area contributed by atoms with Crippen LogP contribution in [-0.2, 0) is 6.54 Å². The Morgan fingerprint density at radius 2 is 1.75 bits per heavy atom. The zero-order valence-electron chi connectivity index (χ0n) is 14.9. The fourth-order valence-corrected chi connectivity index (χ4v) is 3.28. The van der Waals surface area contributed by atoms with Crippen LogP contribution in [0.3, 0.4) is 0 Å². The Bertz CT molecular complexity index is 829. The topological polar surface area (TPSA) is 27.7 Å². The lowest BCUT2D eigenvalue weighted by Crippen LogP contribution is -2.49. The van der Waals surface area contributed by atoms with E-state index in [9.17, 15) is 17.6 Å². The van der Waals surface area contributed by atoms with E-state index in [0.717, 1.165) is 6.07 Å². The van der Waals surface area contributed by atoms with Crippen molar-refractivity contribution in [3.05, 3.63) is 59.7 Å². The van der Waals surface area contributed by atoms with Gasteiger partial charge in [-0.25, -0.2) is 8.78 Å². The summed E-state index contributed by atoms with van der Waals surface area (Å²) in [5.41, 5.74) is 0.671. The van der Waals surface area contributed by atoms with Gasteiger partial charge >= 0.3 is 6.61 Å². The lowest BCUT2D eigenvalue weighted by atomic mass is 10.2. The van der Waals surface area contributed by atoms with Crippen LogP contribution >= 0.6 is 12.2 Å². The van der Waals surface area contributed by atoms with Crippen LogP contribution in [0, 0.1) is 11.6 Å². The van der Waals surface area contributed by atoms with Crippen molar-refractivity contribution in [2.45, 2.75) is 13.2 Å². The second-order valence-corrected chi connectivity index (χ2v) is 6.67. The summed E-state index contributed by atoms with van der Waals surface area (Å²) in [5.74, 6) is -1.66. The number of rotatable bonds is 5. The third-order valence-corrected chi connectivity index (χ3v) is 4.79. The lowest BCUT2D eigenvalue weighted by Gasteiger charge is -2.36. The van der Waals surface area contributed by atoms with Gasteiger partial charge in [-0.1, -0.05) is 24.3 Å². The Kier molecular flexibility index (Phi) is 6.69. The first-order chi connectivity index (χ1) is 13.4. The number of benzene rings is 2. The van der Waals surface area contributed by atoms with Gasteiger partial charge in [0, 0.05) is 38.3 Å². The molecular formula is C19H19F4N3OS. The molecule has 3 rings (SSSR count). The van der Waals surface area contributed by atoms with E-state index in [-0.39, 0.29) is 5.75 Å². The van der Waals surface area contributed by atoms with Gasteiger partial charge in [-0.3, -0.25) is 4.90 Å². The number of piperazine rings is 1. The molecule has 1 N–H and O–H groups in total. The molecule has 150 valence electrons. The van der Waals surface area contributed by atoms with Crippen molar-refractivity contribution in [1.82, 2.24) is 9.80 Å². The third-order valence-electron chi connectivity index (χ3n) is 4.43. The SMILES string of the molecule is Fc1cccc(CN2CCN(C(=S)Nc3ccccc3OC(F)F)CC2)c1F. The van der Waals surface area contributed by atoms with E-state index in [1.165, 1.54) is 12.1 Å². The Labute approximate surface area is 165 Å². The van der Waals surface area contributed by atoms with E-state index in [1.807, 2.05) is 9.80 Å². The Balaban J connectivity index is 1.55. The first-order valence-electron chi connectivity index (χ1n) is 8.69. The van der Waals surface area contributed by atoms with Gasteiger partial charge in [-0.2, -0.15) is 8.78 Å². The van der Waals surface area contributed by atoms with Crippen molar-refractivity contribution in [3.8, 4) is 5.75 Å². The number of nitrogens with one attached hydrogen (secondary N) is 1. The Morgan fingerprint density at radius 3 is 2.46 bits per heavy atom. The minimum Gasteiger partial charge on any atom is -0.433 e. The average Bonchev–Trinajstić information content (AvgIpc) is 2.67. The van der Waals surface area contributed by atoms with E-state index in [4.69, 9.17) is 12.2 Å². The summed E-state index contributed by atoms with van der Waals surface area (Å²) in [4.78, 5) is 3.90. The van der Waals surface area contributed by atoms with Crippen LogP contribution < -0.4 is 10.1 Å². The monoisotopic (exact) mass is 413 g/mol. The second-order valence-electron chi connectivity index (χ2n) is 6.28. The Hall–Kier alpha value is -2.39. The zero-order valence-corrected chi connectivity index (χ0v) is 15.7. The molecule has 1 fully saturated rings. The number of ether oxygens (including phenoxy) is 1. The maximum Gasteiger partial charge on any atom is 0.387 e. The molecule has 28 heavy (non-hydrogen) atoms. The predicted molar refractivity (Wildman–Crippen MR) is 103 cm³/mol. The van der Waals surface area contributed by atoms with Crippen molar-refractivity contribution in [1.29, 1.82) is 0 Å². The first-order valence-corrected chi connectivity index (χ1v) is 9.10. The standard InChI is InChI=1S/C19H19F4N3OS/c20-14-5-3-4-13(17(14)21)12-25-8-10-26(11-9-25)19(28)24-15-6-1-2-7-16(15)27-18(22)23/h1-7,18H,8-12H2,(H,24,28). The van der Waals surface area contributed by atoms with E-state index in [0.29, 0.717) is 49.1 Å². The maximum atomic E-state index is 13.8. The molecule has 0 aromatic heterocycles. The van der Waals surface area contributed by atoms with Crippen molar-refractivity contribution in [3.63, 3.8) is 0 Å². The zero-order chi connectivity index (χ0) is 20.1. The summed E-state index contributed by atoms with van der Waals surface area (Å²) in [6.07, 6.45) is 0. The number of nitrogens with zero attached hydrogens (tertiary/aromatic N) is 2. The molecule has 2 aromatic rings. The van der Waals surface area contributed by atoms with Crippen molar-refractivity contribution < 1.29 is 22.3 Å². The average molecular weight is 413 g/mol. The largest absolute Gasteiger partial charge is 0.433 e. The van der Waals surface area contributed by atoms with Gasteiger partial charge < -0.3 is 15.0 Å². The molecule has 0 aliphatic carbocycles. The van der Waals surface area contributed by atoms with Crippen LogP contribution in [0.5, 0.6) is 5.75 Å². The summed E-state index contributed by atoms with van der Waals surface area (Å²) in [6, 6.07) is 10.5. The minimum absolute atomic E-state index is 0.0139. The fourth-order valence-electron chi connectivity index (χ4n) is 2.98. The van der Waals surface area contributed by atoms with Crippen molar-refractivity contribution in [2.24, 2.45) is 0 Å². The van der Waals surface area contributed by atoms with E-state index < -0.39 is 18.2 Å². The number of anilines is 1. The van der Waals surface area contributed by atoms with Gasteiger partial charge in [-0.05, 0) is 30.4 Å². The summed E-state index contributed by atoms with van der Waals surface area (Å²) in [7, 11) is 0. The van der Waals surface area contributed by atoms with Crippen LogP contribution in [-0.4, -0.2) is 47.7 Å². The van der Waals surface area contributed by atoms with Crippen LogP contribution in [0.1, 0.15) is 5.56 Å². The number of alkyl halides is 2. The highest BCUT2D eigenvalue weighted by Crippen LogP contribution is 2.26. The highest BCUT2D eigenvalue weighted by atomic mass is 32.1. The summed E-state index contributed by atoms with van der Waals surface area (Å²) < 4.78 is 56.7. The van der Waals surface area contributed by atoms with Crippen LogP contribution in [0.15, 0.2) is 42.5 Å². The number of thiocarbonyl (C=S) groups is 1. The molecule has 0 amide bonds. The third kappa shape index (κ3) is 5.11. The van der Waals surface area contributed by atoms with Gasteiger partial charge in [-0.15, -0.1) is 0 Å². The molecule has 0 saturated carbocycles. The number of hydrogen-bond acceptors (Lipinski definition) is 3. The molecule has 0 atom stereocenters. The molecule has 0 unspecified atom stereocenters. The van der Waals surface area contributed by atoms with Crippen LogP contribution in [0.25, 0.3) is 0 Å². The quantitative estimate of drug-likeness (QED) is 0.589. The highest BCUT2D eigenvalue weighted by Gasteiger charge is 2.21. The smallest absolute Gasteiger partial charge is 0.387 e. The van der Waals surface area contributed by atoms with Gasteiger partial charge in [0.15, 0.2) is 16.7 Å². The number of para-hydroxylation sites is 2. The van der Waals surface area contributed by atoms with Crippen molar-refractivity contribution >= 4 is 23.0 Å². The second kappa shape index (κ2) is 9.20. The molecule has 2 aromatic carbocycles. The van der Waals surface area contributed by atoms with E-state index in [2.05, 4.69) is 10.1 Å². The number of halogens is 4. The van der Waals surface area contributed by atoms with Crippen LogP contribution in [0.2, 0.25) is 0 Å². The first kappa shape index (κ1) is 20.3. The number of hydrogen-bond donors (Lipinski definition) is 1. The molecule has 0 radical (unpaired) electrons. The highest BCUT2D eigenvalue weighted by molar-refractivity contribution is 7.80. The van der Waals surface area contributed by atoms with E-state index in [1.54, 1.807) is 24.3 Å². The molecule has 9 heteroatoms. The summed E-state index contributed by atoms with van der Waals surface area (Å²) in [6.45, 7) is -0.271. The van der Waals surface area contributed by atoms with Gasteiger partial charge in [0.1, 0.15) is 5.75 Å². The summed E-state index contributed by atoms with van der Waals surface area (Å²) in [5, 5.41) is 3.33. The summed E-state index contributed by atoms with van der Waals surface area (Å²) >= 11 is 5.38. The maximum absolute atomic E-state index is 13.8. The molecule has 1 aliphatic rings. The lowest BCUT2D eigenvalue weighted by molar-refractivity contribution is -0.0493. The van der Waals surface area contributed by atoms with Gasteiger partial charge in [0.05, 0.1) is 5.69 Å². The van der Waals surface area contributed by atoms with E-state index >= 15 is 0 Å². The Morgan fingerprint density at radius 1 is 1.04 bits per heavy atom. The fraction of sp³-hybridized carbons (Fsp3) is 0.316. The molecular weight excluding hydrogens is 394 g/mol. The molecule has 1 saturated heterocycles. The van der Waals surface area contributed by atoms with Crippen LogP contribution in [0.4, 0.5) is 23.2 Å². The molecule has 1 aliphatic heterocycles. The van der Waals surface area contributed by atoms with Crippen molar-refractivity contribution in [2.75, 3.05) is 31.5 Å². The molecule has 0 bridgehead atoms. The molecule has 1 heterocycles. The van der Waals surface area contributed by atoms with Gasteiger partial charge in [0.2, 0.25) is 0 Å². The molecule has 0 spiro atoms. The normalized spacial score (nSPS) is 15.0. The predicted octanol–water partition coefficient (Wildman–Crippen LogP) is 4.08. The minimum atomic E-state index is -2.93. The molecule has 4 nitrogen and oxygen atoms in total.